The third-order valence-corrected chi connectivity index (χ3v) is 5.12. The molecule has 0 amide bonds. The van der Waals surface area contributed by atoms with Crippen molar-refractivity contribution < 1.29 is 34.6 Å². The highest BCUT2D eigenvalue weighted by atomic mass is 16.8. The number of ether oxygens (including phenoxy) is 3. The van der Waals surface area contributed by atoms with E-state index in [9.17, 15) is 20.4 Å². The Morgan fingerprint density at radius 1 is 0.957 bits per heavy atom. The molecule has 9 nitrogen and oxygen atoms in total. The van der Waals surface area contributed by atoms with E-state index >= 15 is 0 Å². The van der Waals surface area contributed by atoms with Gasteiger partial charge in [-0.2, -0.15) is 0 Å². The zero-order chi connectivity index (χ0) is 16.9. The van der Waals surface area contributed by atoms with Crippen LogP contribution in [0, 0.1) is 0 Å². The van der Waals surface area contributed by atoms with Crippen LogP contribution in [-0.4, -0.2) is 95.3 Å². The molecule has 0 bridgehead atoms. The molecule has 3 rings (SSSR count). The van der Waals surface area contributed by atoms with E-state index in [1.165, 1.54) is 0 Å². The summed E-state index contributed by atoms with van der Waals surface area (Å²) >= 11 is 0. The second-order valence-corrected chi connectivity index (χ2v) is 6.58. The molecule has 3 fully saturated rings. The zero-order valence-electron chi connectivity index (χ0n) is 13.4. The van der Waals surface area contributed by atoms with E-state index < -0.39 is 54.7 Å². The largest absolute Gasteiger partial charge is 0.390 e. The topological polar surface area (TPSA) is 133 Å². The van der Waals surface area contributed by atoms with Crippen molar-refractivity contribution >= 4 is 0 Å². The van der Waals surface area contributed by atoms with Crippen molar-refractivity contribution in [3.63, 3.8) is 0 Å². The number of likely N-dealkylation sites (N-methyl/N-ethyl adjacent to an activating group) is 2. The molecular formula is C14H26N2O7. The van der Waals surface area contributed by atoms with E-state index in [0.717, 1.165) is 0 Å². The van der Waals surface area contributed by atoms with Crippen molar-refractivity contribution in [2.45, 2.75) is 74.1 Å². The van der Waals surface area contributed by atoms with Crippen molar-refractivity contribution in [3.8, 4) is 0 Å². The van der Waals surface area contributed by atoms with Crippen LogP contribution in [0.15, 0.2) is 0 Å². The minimum absolute atomic E-state index is 0.197. The highest BCUT2D eigenvalue weighted by Crippen LogP contribution is 2.41. The van der Waals surface area contributed by atoms with Crippen molar-refractivity contribution in [2.75, 3.05) is 14.1 Å². The molecule has 23 heavy (non-hydrogen) atoms. The van der Waals surface area contributed by atoms with Gasteiger partial charge in [0.1, 0.15) is 24.4 Å². The Morgan fingerprint density at radius 2 is 1.61 bits per heavy atom. The summed E-state index contributed by atoms with van der Waals surface area (Å²) in [6.45, 7) is 1.76. The molecule has 2 aliphatic heterocycles. The molecule has 3 aliphatic rings. The van der Waals surface area contributed by atoms with Crippen LogP contribution >= 0.6 is 0 Å². The van der Waals surface area contributed by atoms with E-state index in [2.05, 4.69) is 10.6 Å². The molecule has 0 aromatic rings. The van der Waals surface area contributed by atoms with Crippen LogP contribution in [0.5, 0.6) is 0 Å². The second-order valence-electron chi connectivity index (χ2n) is 6.58. The maximum atomic E-state index is 10.7. The fraction of sp³-hybridized carbons (Fsp3) is 1.00. The lowest BCUT2D eigenvalue weighted by Gasteiger charge is -2.57. The van der Waals surface area contributed by atoms with Crippen molar-refractivity contribution in [2.24, 2.45) is 0 Å². The van der Waals surface area contributed by atoms with E-state index in [1.54, 1.807) is 21.0 Å². The summed E-state index contributed by atoms with van der Waals surface area (Å²) in [6.07, 6.45) is -6.21. The standard InChI is InChI=1S/C14H26N2O7/c1-5-4-6(17)14(20)13(21-5)22-12-10(19)7(15-2)9(18)8(16-3)11(12)23-14/h5-13,15-20H,4H2,1-3H3/t5-,6?,7-,8+,9+,10+,11-,12-,13+,14+/m1/s1. The number of aliphatic hydroxyl groups is 4. The fourth-order valence-electron chi connectivity index (χ4n) is 3.83. The maximum Gasteiger partial charge on any atom is 0.245 e. The predicted octanol–water partition coefficient (Wildman–Crippen LogP) is -3.13. The summed E-state index contributed by atoms with van der Waals surface area (Å²) in [7, 11) is 3.28. The first-order valence-electron chi connectivity index (χ1n) is 7.93. The number of aliphatic hydroxyl groups excluding tert-OH is 3. The second kappa shape index (κ2) is 6.17. The lowest BCUT2D eigenvalue weighted by atomic mass is 9.80. The van der Waals surface area contributed by atoms with Gasteiger partial charge in [-0.05, 0) is 21.0 Å². The molecule has 2 heterocycles. The Bertz CT molecular complexity index is 441. The predicted molar refractivity (Wildman–Crippen MR) is 77.4 cm³/mol. The molecule has 0 spiro atoms. The number of hydrogen-bond donors (Lipinski definition) is 6. The van der Waals surface area contributed by atoms with E-state index in [1.807, 2.05) is 0 Å². The van der Waals surface area contributed by atoms with Gasteiger partial charge in [-0.15, -0.1) is 0 Å². The van der Waals surface area contributed by atoms with E-state index in [0.29, 0.717) is 0 Å². The third-order valence-electron chi connectivity index (χ3n) is 5.12. The van der Waals surface area contributed by atoms with Crippen LogP contribution in [0.4, 0.5) is 0 Å². The summed E-state index contributed by atoms with van der Waals surface area (Å²) in [5.41, 5.74) is 0. The monoisotopic (exact) mass is 334 g/mol. The molecule has 1 aliphatic carbocycles. The molecule has 9 heteroatoms. The number of rotatable bonds is 2. The first kappa shape index (κ1) is 17.5. The van der Waals surface area contributed by atoms with Gasteiger partial charge in [0.25, 0.3) is 0 Å². The van der Waals surface area contributed by atoms with Crippen molar-refractivity contribution in [1.29, 1.82) is 0 Å². The maximum absolute atomic E-state index is 10.7. The first-order valence-corrected chi connectivity index (χ1v) is 7.93. The van der Waals surface area contributed by atoms with Gasteiger partial charge in [0.05, 0.1) is 24.3 Å². The van der Waals surface area contributed by atoms with Gasteiger partial charge in [0, 0.05) is 6.42 Å². The molecule has 1 saturated carbocycles. The Hall–Kier alpha value is -0.360. The minimum Gasteiger partial charge on any atom is -0.390 e. The van der Waals surface area contributed by atoms with Crippen molar-refractivity contribution in [1.82, 2.24) is 10.6 Å². The van der Waals surface area contributed by atoms with Gasteiger partial charge in [0.2, 0.25) is 12.1 Å². The molecule has 1 unspecified atom stereocenters. The average Bonchev–Trinajstić information content (AvgIpc) is 2.49. The fourth-order valence-corrected chi connectivity index (χ4v) is 3.83. The Morgan fingerprint density at radius 3 is 2.22 bits per heavy atom. The van der Waals surface area contributed by atoms with Crippen molar-refractivity contribution in [3.05, 3.63) is 0 Å². The van der Waals surface area contributed by atoms with Crippen LogP contribution in [0.25, 0.3) is 0 Å². The third kappa shape index (κ3) is 2.60. The summed E-state index contributed by atoms with van der Waals surface area (Å²) in [5.74, 6) is -2.03. The summed E-state index contributed by atoms with van der Waals surface area (Å²) < 4.78 is 17.0. The van der Waals surface area contributed by atoms with Crippen LogP contribution in [0.1, 0.15) is 13.3 Å². The summed E-state index contributed by atoms with van der Waals surface area (Å²) in [5, 5.41) is 47.7. The normalized spacial score (nSPS) is 56.7. The van der Waals surface area contributed by atoms with Crippen LogP contribution in [-0.2, 0) is 14.2 Å². The van der Waals surface area contributed by atoms with Gasteiger partial charge in [0.15, 0.2) is 0 Å². The molecule has 134 valence electrons. The lowest BCUT2D eigenvalue weighted by Crippen LogP contribution is -2.78. The van der Waals surface area contributed by atoms with E-state index in [4.69, 9.17) is 14.2 Å². The molecule has 2 saturated heterocycles. The Labute approximate surface area is 134 Å². The molecule has 0 aromatic heterocycles. The van der Waals surface area contributed by atoms with Gasteiger partial charge in [-0.3, -0.25) is 0 Å². The smallest absolute Gasteiger partial charge is 0.245 e. The number of hydrogen-bond acceptors (Lipinski definition) is 9. The number of fused-ring (bicyclic) bond motifs is 2. The van der Waals surface area contributed by atoms with Crippen LogP contribution in [0.2, 0.25) is 0 Å². The quantitative estimate of drug-likeness (QED) is 0.310. The van der Waals surface area contributed by atoms with Crippen LogP contribution in [0.3, 0.4) is 0 Å². The molecular weight excluding hydrogens is 308 g/mol. The highest BCUT2D eigenvalue weighted by molar-refractivity contribution is 5.09. The molecule has 0 radical (unpaired) electrons. The Balaban J connectivity index is 1.91. The van der Waals surface area contributed by atoms with Crippen LogP contribution < -0.4 is 10.6 Å². The zero-order valence-corrected chi connectivity index (χ0v) is 13.4. The average molecular weight is 334 g/mol. The summed E-state index contributed by atoms with van der Waals surface area (Å²) in [6, 6.07) is -1.23. The highest BCUT2D eigenvalue weighted by Gasteiger charge is 2.63. The molecule has 10 atom stereocenters. The SMILES string of the molecule is CN[C@@H]1[C@H](O)[C@H](NC)[C@H]2O[C@@]3(O)C(O)C[C@@H](C)O[C@H]3O[C@@H]2[C@H]1O. The first-order chi connectivity index (χ1) is 10.8. The van der Waals surface area contributed by atoms with E-state index in [-0.39, 0.29) is 12.5 Å². The van der Waals surface area contributed by atoms with Gasteiger partial charge >= 0.3 is 0 Å². The van der Waals surface area contributed by atoms with Gasteiger partial charge in [-0.1, -0.05) is 0 Å². The summed E-state index contributed by atoms with van der Waals surface area (Å²) in [4.78, 5) is 0. The van der Waals surface area contributed by atoms with Gasteiger partial charge < -0.3 is 45.3 Å². The molecule has 0 aromatic carbocycles. The van der Waals surface area contributed by atoms with Gasteiger partial charge in [-0.25, -0.2) is 0 Å². The lowest BCUT2D eigenvalue weighted by molar-refractivity contribution is -0.462. The molecule has 6 N–H and O–H groups in total. The minimum atomic E-state index is -2.03. The number of nitrogens with one attached hydrogen (secondary N) is 2. The Kier molecular flexibility index (Phi) is 4.69.